The van der Waals surface area contributed by atoms with Gasteiger partial charge in [-0.05, 0) is 29.8 Å². The third-order valence-electron chi connectivity index (χ3n) is 2.70. The third kappa shape index (κ3) is 3.61. The minimum Gasteiger partial charge on any atom is -0.396 e. The Hall–Kier alpha value is -1.79. The number of pyridine rings is 1. The van der Waals surface area contributed by atoms with E-state index in [0.717, 1.165) is 5.56 Å². The minimum atomic E-state index is -3.17. The third-order valence-corrected chi connectivity index (χ3v) is 4.04. The summed E-state index contributed by atoms with van der Waals surface area (Å²) in [5, 5.41) is 3.41. The van der Waals surface area contributed by atoms with Gasteiger partial charge < -0.3 is 11.1 Å². The van der Waals surface area contributed by atoms with Gasteiger partial charge in [0.25, 0.3) is 0 Å². The first-order valence-corrected chi connectivity index (χ1v) is 8.08. The van der Waals surface area contributed by atoms with Gasteiger partial charge in [0.1, 0.15) is 5.15 Å². The molecule has 1 heterocycles. The van der Waals surface area contributed by atoms with Gasteiger partial charge in [0, 0.05) is 12.8 Å². The van der Waals surface area contributed by atoms with Crippen molar-refractivity contribution in [2.24, 2.45) is 0 Å². The van der Waals surface area contributed by atoms with Crippen LogP contribution >= 0.6 is 11.6 Å². The maximum absolute atomic E-state index is 11.3. The number of rotatable bonds is 4. The molecule has 0 bridgehead atoms. The van der Waals surface area contributed by atoms with Crippen molar-refractivity contribution in [2.75, 3.05) is 17.3 Å². The van der Waals surface area contributed by atoms with E-state index < -0.39 is 9.84 Å². The van der Waals surface area contributed by atoms with E-state index in [-0.39, 0.29) is 0 Å². The van der Waals surface area contributed by atoms with Crippen LogP contribution in [-0.4, -0.2) is 19.7 Å². The number of sulfone groups is 1. The smallest absolute Gasteiger partial charge is 0.175 e. The monoisotopic (exact) mass is 311 g/mol. The highest BCUT2D eigenvalue weighted by atomic mass is 35.5. The lowest BCUT2D eigenvalue weighted by atomic mass is 10.2. The molecule has 0 spiro atoms. The van der Waals surface area contributed by atoms with Crippen LogP contribution in [0.3, 0.4) is 0 Å². The van der Waals surface area contributed by atoms with E-state index >= 15 is 0 Å². The van der Waals surface area contributed by atoms with Gasteiger partial charge in [-0.2, -0.15) is 0 Å². The summed E-state index contributed by atoms with van der Waals surface area (Å²) >= 11 is 5.80. The van der Waals surface area contributed by atoms with Crippen LogP contribution in [0, 0.1) is 0 Å². The predicted octanol–water partition coefficient (Wildman–Crippen LogP) is 2.33. The van der Waals surface area contributed by atoms with Gasteiger partial charge in [-0.1, -0.05) is 23.7 Å². The van der Waals surface area contributed by atoms with Crippen molar-refractivity contribution in [1.29, 1.82) is 0 Å². The van der Waals surface area contributed by atoms with Gasteiger partial charge >= 0.3 is 0 Å². The number of nitrogen functional groups attached to an aromatic ring is 1. The molecule has 0 atom stereocenters. The summed E-state index contributed by atoms with van der Waals surface area (Å²) in [5.41, 5.74) is 7.19. The lowest BCUT2D eigenvalue weighted by molar-refractivity contribution is 0.602. The fraction of sp³-hybridized carbons (Fsp3) is 0.154. The molecule has 1 aromatic carbocycles. The number of nitrogens with one attached hydrogen (secondary N) is 1. The van der Waals surface area contributed by atoms with Crippen molar-refractivity contribution in [3.63, 3.8) is 0 Å². The summed E-state index contributed by atoms with van der Waals surface area (Å²) in [6.07, 6.45) is 1.18. The molecule has 0 aliphatic heterocycles. The zero-order chi connectivity index (χ0) is 14.8. The first-order valence-electron chi connectivity index (χ1n) is 5.81. The number of nitrogens with two attached hydrogens (primary N) is 1. The molecule has 0 aliphatic rings. The fourth-order valence-electron chi connectivity index (χ4n) is 1.63. The first kappa shape index (κ1) is 14.6. The van der Waals surface area contributed by atoms with E-state index in [4.69, 9.17) is 17.3 Å². The van der Waals surface area contributed by atoms with E-state index in [2.05, 4.69) is 10.3 Å². The highest BCUT2D eigenvalue weighted by Crippen LogP contribution is 2.19. The average Bonchev–Trinajstić information content (AvgIpc) is 2.39. The van der Waals surface area contributed by atoms with E-state index in [1.54, 1.807) is 36.4 Å². The van der Waals surface area contributed by atoms with Crippen LogP contribution in [0.2, 0.25) is 5.15 Å². The Bertz CT molecular complexity index is 715. The molecule has 1 aromatic heterocycles. The molecule has 0 saturated heterocycles. The van der Waals surface area contributed by atoms with Crippen molar-refractivity contribution >= 4 is 32.9 Å². The van der Waals surface area contributed by atoms with Gasteiger partial charge in [-0.15, -0.1) is 0 Å². The van der Waals surface area contributed by atoms with E-state index in [1.807, 2.05) is 0 Å². The maximum Gasteiger partial charge on any atom is 0.175 e. The van der Waals surface area contributed by atoms with Crippen LogP contribution in [0.25, 0.3) is 0 Å². The largest absolute Gasteiger partial charge is 0.396 e. The summed E-state index contributed by atoms with van der Waals surface area (Å²) in [5.74, 6) is 0.504. The Balaban J connectivity index is 2.10. The molecular weight excluding hydrogens is 298 g/mol. The molecule has 0 aliphatic carbocycles. The molecule has 0 unspecified atom stereocenters. The molecule has 0 fully saturated rings. The Kier molecular flexibility index (Phi) is 4.15. The van der Waals surface area contributed by atoms with E-state index in [0.29, 0.717) is 28.1 Å². The molecule has 106 valence electrons. The van der Waals surface area contributed by atoms with Gasteiger partial charge in [-0.25, -0.2) is 13.4 Å². The fourth-order valence-corrected chi connectivity index (χ4v) is 2.41. The topological polar surface area (TPSA) is 85.1 Å². The van der Waals surface area contributed by atoms with Gasteiger partial charge in [0.15, 0.2) is 15.7 Å². The molecule has 2 rings (SSSR count). The molecule has 0 amide bonds. The van der Waals surface area contributed by atoms with E-state index in [9.17, 15) is 8.42 Å². The molecule has 0 saturated carbocycles. The SMILES string of the molecule is CS(=O)(=O)c1ccc(CNc2nc(Cl)ccc2N)cc1. The molecule has 5 nitrogen and oxygen atoms in total. The Morgan fingerprint density at radius 3 is 2.45 bits per heavy atom. The number of benzene rings is 1. The molecule has 7 heteroatoms. The summed E-state index contributed by atoms with van der Waals surface area (Å²) in [4.78, 5) is 4.37. The van der Waals surface area contributed by atoms with Crippen LogP contribution in [-0.2, 0) is 16.4 Å². The second-order valence-electron chi connectivity index (χ2n) is 4.34. The van der Waals surface area contributed by atoms with Gasteiger partial charge in [0.2, 0.25) is 0 Å². The number of nitrogens with zero attached hydrogens (tertiary/aromatic N) is 1. The zero-order valence-electron chi connectivity index (χ0n) is 10.8. The number of aromatic nitrogens is 1. The van der Waals surface area contributed by atoms with Crippen LogP contribution < -0.4 is 11.1 Å². The van der Waals surface area contributed by atoms with Crippen LogP contribution in [0.1, 0.15) is 5.56 Å². The van der Waals surface area contributed by atoms with Crippen molar-refractivity contribution in [3.05, 3.63) is 47.1 Å². The summed E-state index contributed by atoms with van der Waals surface area (Å²) in [6, 6.07) is 9.91. The highest BCUT2D eigenvalue weighted by Gasteiger charge is 2.06. The Morgan fingerprint density at radius 2 is 1.85 bits per heavy atom. The first-order chi connectivity index (χ1) is 9.36. The molecule has 3 N–H and O–H groups in total. The van der Waals surface area contributed by atoms with Crippen LogP contribution in [0.5, 0.6) is 0 Å². The minimum absolute atomic E-state index is 0.293. The molecule has 0 radical (unpaired) electrons. The van der Waals surface area contributed by atoms with Gasteiger partial charge in [0.05, 0.1) is 10.6 Å². The average molecular weight is 312 g/mol. The molecule has 2 aromatic rings. The lowest BCUT2D eigenvalue weighted by Crippen LogP contribution is -2.05. The number of anilines is 2. The summed E-state index contributed by atoms with van der Waals surface area (Å²) in [7, 11) is -3.17. The van der Waals surface area contributed by atoms with Crippen molar-refractivity contribution in [2.45, 2.75) is 11.4 Å². The second kappa shape index (κ2) is 5.68. The Morgan fingerprint density at radius 1 is 1.20 bits per heavy atom. The normalized spacial score (nSPS) is 11.3. The Labute approximate surface area is 122 Å². The lowest BCUT2D eigenvalue weighted by Gasteiger charge is -2.09. The standard InChI is InChI=1S/C13H14ClN3O2S/c1-20(18,19)10-4-2-9(3-5-10)8-16-13-11(15)6-7-12(14)17-13/h2-7H,8,15H2,1H3,(H,16,17). The molecular formula is C13H14ClN3O2S. The van der Waals surface area contributed by atoms with Gasteiger partial charge in [-0.3, -0.25) is 0 Å². The summed E-state index contributed by atoms with van der Waals surface area (Å²) < 4.78 is 22.7. The van der Waals surface area contributed by atoms with Crippen LogP contribution in [0.4, 0.5) is 11.5 Å². The number of halogens is 1. The molecule has 20 heavy (non-hydrogen) atoms. The predicted molar refractivity (Wildman–Crippen MR) is 80.5 cm³/mol. The summed E-state index contributed by atoms with van der Waals surface area (Å²) in [6.45, 7) is 0.474. The maximum atomic E-state index is 11.3. The quantitative estimate of drug-likeness (QED) is 0.846. The highest BCUT2D eigenvalue weighted by molar-refractivity contribution is 7.90. The van der Waals surface area contributed by atoms with E-state index in [1.165, 1.54) is 6.26 Å². The number of hydrogen-bond acceptors (Lipinski definition) is 5. The van der Waals surface area contributed by atoms with Crippen molar-refractivity contribution in [1.82, 2.24) is 4.98 Å². The van der Waals surface area contributed by atoms with Crippen molar-refractivity contribution < 1.29 is 8.42 Å². The van der Waals surface area contributed by atoms with Crippen LogP contribution in [0.15, 0.2) is 41.3 Å². The number of hydrogen-bond donors (Lipinski definition) is 2. The second-order valence-corrected chi connectivity index (χ2v) is 6.74. The zero-order valence-corrected chi connectivity index (χ0v) is 12.4. The van der Waals surface area contributed by atoms with Crippen molar-refractivity contribution in [3.8, 4) is 0 Å².